The summed E-state index contributed by atoms with van der Waals surface area (Å²) in [6, 6.07) is 7.37. The van der Waals surface area contributed by atoms with Gasteiger partial charge >= 0.3 is 0 Å². The molecule has 16 heavy (non-hydrogen) atoms. The van der Waals surface area contributed by atoms with Crippen LogP contribution >= 0.6 is 0 Å². The predicted octanol–water partition coefficient (Wildman–Crippen LogP) is 3.68. The van der Waals surface area contributed by atoms with E-state index in [2.05, 4.69) is 0 Å². The van der Waals surface area contributed by atoms with E-state index in [1.165, 1.54) is 0 Å². The van der Waals surface area contributed by atoms with Crippen molar-refractivity contribution in [1.29, 1.82) is 0 Å². The van der Waals surface area contributed by atoms with Gasteiger partial charge in [-0.1, -0.05) is 38.1 Å². The second-order valence-corrected chi connectivity index (χ2v) is 4.44. The lowest BCUT2D eigenvalue weighted by Gasteiger charge is -2.16. The normalized spacial score (nSPS) is 11.2. The van der Waals surface area contributed by atoms with E-state index in [9.17, 15) is 10.2 Å². The Morgan fingerprint density at radius 2 is 1.44 bits per heavy atom. The summed E-state index contributed by atoms with van der Waals surface area (Å²) in [5, 5.41) is 21.7. The third-order valence-electron chi connectivity index (χ3n) is 3.03. The van der Waals surface area contributed by atoms with Gasteiger partial charge in [0.05, 0.1) is 0 Å². The third-order valence-corrected chi connectivity index (χ3v) is 3.03. The highest BCUT2D eigenvalue weighted by molar-refractivity contribution is 5.95. The molecule has 0 unspecified atom stereocenters. The summed E-state index contributed by atoms with van der Waals surface area (Å²) in [6.45, 7) is 5.86. The topological polar surface area (TPSA) is 40.5 Å². The molecule has 2 rings (SSSR count). The smallest absolute Gasteiger partial charge is 0.127 e. The second-order valence-electron chi connectivity index (χ2n) is 4.44. The van der Waals surface area contributed by atoms with Crippen LogP contribution in [0.3, 0.4) is 0 Å². The minimum Gasteiger partial charge on any atom is -0.507 e. The van der Waals surface area contributed by atoms with Crippen molar-refractivity contribution in [2.45, 2.75) is 26.7 Å². The first kappa shape index (κ1) is 10.8. The lowest BCUT2D eigenvalue weighted by atomic mass is 9.92. The molecule has 0 aliphatic heterocycles. The largest absolute Gasteiger partial charge is 0.507 e. The van der Waals surface area contributed by atoms with Gasteiger partial charge in [-0.15, -0.1) is 0 Å². The van der Waals surface area contributed by atoms with E-state index in [1.54, 1.807) is 0 Å². The van der Waals surface area contributed by atoms with Crippen LogP contribution in [-0.4, -0.2) is 10.2 Å². The zero-order valence-electron chi connectivity index (χ0n) is 9.78. The molecule has 2 nitrogen and oxygen atoms in total. The number of phenols is 2. The molecular formula is C14H16O2. The Bertz CT molecular complexity index is 542. The van der Waals surface area contributed by atoms with Crippen LogP contribution in [0.2, 0.25) is 0 Å². The molecule has 2 N–H and O–H groups in total. The first-order chi connectivity index (χ1) is 7.54. The molecule has 0 heterocycles. The molecule has 0 aliphatic carbocycles. The lowest BCUT2D eigenvalue weighted by molar-refractivity contribution is 0.457. The highest BCUT2D eigenvalue weighted by Gasteiger charge is 2.17. The van der Waals surface area contributed by atoms with E-state index in [1.807, 2.05) is 45.0 Å². The van der Waals surface area contributed by atoms with E-state index >= 15 is 0 Å². The third kappa shape index (κ3) is 1.42. The Hall–Kier alpha value is -1.70. The first-order valence-electron chi connectivity index (χ1n) is 5.47. The van der Waals surface area contributed by atoms with Crippen LogP contribution in [0.4, 0.5) is 0 Å². The SMILES string of the molecule is Cc1c(C(C)C)c(O)c2ccccc2c1O. The van der Waals surface area contributed by atoms with Gasteiger partial charge in [-0.05, 0) is 18.4 Å². The standard InChI is InChI=1S/C14H16O2/c1-8(2)12-9(3)13(15)10-6-4-5-7-11(10)14(12)16/h4-8,15-16H,1-3H3. The molecule has 0 atom stereocenters. The molecule has 84 valence electrons. The maximum atomic E-state index is 10.2. The number of fused-ring (bicyclic) bond motifs is 1. The van der Waals surface area contributed by atoms with Crippen molar-refractivity contribution in [3.8, 4) is 11.5 Å². The molecule has 0 aliphatic rings. The van der Waals surface area contributed by atoms with Gasteiger partial charge in [0, 0.05) is 16.3 Å². The number of aromatic hydroxyl groups is 2. The van der Waals surface area contributed by atoms with Gasteiger partial charge in [-0.25, -0.2) is 0 Å². The molecule has 0 amide bonds. The molecule has 0 saturated heterocycles. The summed E-state index contributed by atoms with van der Waals surface area (Å²) in [5.74, 6) is 0.758. The van der Waals surface area contributed by atoms with Crippen molar-refractivity contribution in [2.75, 3.05) is 0 Å². The van der Waals surface area contributed by atoms with Gasteiger partial charge in [0.1, 0.15) is 11.5 Å². The van der Waals surface area contributed by atoms with Crippen LogP contribution < -0.4 is 0 Å². The molecule has 2 aromatic carbocycles. The van der Waals surface area contributed by atoms with Crippen molar-refractivity contribution in [1.82, 2.24) is 0 Å². The summed E-state index contributed by atoms with van der Waals surface area (Å²) in [5.41, 5.74) is 1.60. The highest BCUT2D eigenvalue weighted by atomic mass is 16.3. The fraction of sp³-hybridized carbons (Fsp3) is 0.286. The maximum absolute atomic E-state index is 10.2. The Labute approximate surface area is 95.2 Å². The molecule has 0 saturated carbocycles. The van der Waals surface area contributed by atoms with E-state index in [-0.39, 0.29) is 11.7 Å². The first-order valence-corrected chi connectivity index (χ1v) is 5.47. The van der Waals surface area contributed by atoms with Crippen molar-refractivity contribution in [3.05, 3.63) is 35.4 Å². The zero-order chi connectivity index (χ0) is 11.9. The van der Waals surface area contributed by atoms with E-state index in [0.717, 1.165) is 11.1 Å². The number of hydrogen-bond donors (Lipinski definition) is 2. The number of hydrogen-bond acceptors (Lipinski definition) is 2. The minimum atomic E-state index is 0.190. The van der Waals surface area contributed by atoms with Gasteiger partial charge in [0.2, 0.25) is 0 Å². The van der Waals surface area contributed by atoms with Crippen molar-refractivity contribution in [2.24, 2.45) is 0 Å². The number of phenolic OH excluding ortho intramolecular Hbond substituents is 2. The van der Waals surface area contributed by atoms with Crippen LogP contribution in [-0.2, 0) is 0 Å². The highest BCUT2D eigenvalue weighted by Crippen LogP contribution is 2.41. The van der Waals surface area contributed by atoms with Crippen molar-refractivity contribution >= 4 is 10.8 Å². The monoisotopic (exact) mass is 216 g/mol. The number of benzene rings is 2. The molecule has 2 heteroatoms. The number of rotatable bonds is 1. The van der Waals surface area contributed by atoms with E-state index in [4.69, 9.17) is 0 Å². The Kier molecular flexibility index (Phi) is 2.50. The summed E-state index contributed by atoms with van der Waals surface area (Å²) in [7, 11) is 0. The summed E-state index contributed by atoms with van der Waals surface area (Å²) in [4.78, 5) is 0. The van der Waals surface area contributed by atoms with E-state index < -0.39 is 0 Å². The lowest BCUT2D eigenvalue weighted by Crippen LogP contribution is -1.94. The summed E-state index contributed by atoms with van der Waals surface area (Å²) in [6.07, 6.45) is 0. The fourth-order valence-electron chi connectivity index (χ4n) is 2.25. The summed E-state index contributed by atoms with van der Waals surface area (Å²) < 4.78 is 0. The van der Waals surface area contributed by atoms with Gasteiger partial charge in [-0.3, -0.25) is 0 Å². The van der Waals surface area contributed by atoms with Crippen LogP contribution in [0.25, 0.3) is 10.8 Å². The molecule has 0 aromatic heterocycles. The summed E-state index contributed by atoms with van der Waals surface area (Å²) >= 11 is 0. The van der Waals surface area contributed by atoms with Crippen LogP contribution in [0.1, 0.15) is 30.9 Å². The van der Waals surface area contributed by atoms with E-state index in [0.29, 0.717) is 16.5 Å². The van der Waals surface area contributed by atoms with Crippen LogP contribution in [0.15, 0.2) is 24.3 Å². The van der Waals surface area contributed by atoms with Crippen LogP contribution in [0.5, 0.6) is 11.5 Å². The van der Waals surface area contributed by atoms with Crippen LogP contribution in [0, 0.1) is 6.92 Å². The second kappa shape index (κ2) is 3.71. The van der Waals surface area contributed by atoms with Gasteiger partial charge in [0.15, 0.2) is 0 Å². The molecule has 2 aromatic rings. The Balaban J connectivity index is 2.94. The fourth-order valence-corrected chi connectivity index (χ4v) is 2.25. The average molecular weight is 216 g/mol. The maximum Gasteiger partial charge on any atom is 0.127 e. The van der Waals surface area contributed by atoms with Gasteiger partial charge in [-0.2, -0.15) is 0 Å². The molecule has 0 bridgehead atoms. The zero-order valence-corrected chi connectivity index (χ0v) is 9.78. The molecular weight excluding hydrogens is 200 g/mol. The Morgan fingerprint density at radius 1 is 0.938 bits per heavy atom. The quantitative estimate of drug-likeness (QED) is 0.714. The molecule has 0 radical (unpaired) electrons. The minimum absolute atomic E-state index is 0.190. The average Bonchev–Trinajstić information content (AvgIpc) is 2.26. The predicted molar refractivity (Wildman–Crippen MR) is 66.1 cm³/mol. The Morgan fingerprint density at radius 3 is 1.94 bits per heavy atom. The van der Waals surface area contributed by atoms with Crippen molar-refractivity contribution < 1.29 is 10.2 Å². The van der Waals surface area contributed by atoms with Gasteiger partial charge in [0.25, 0.3) is 0 Å². The molecule has 0 fully saturated rings. The van der Waals surface area contributed by atoms with Crippen molar-refractivity contribution in [3.63, 3.8) is 0 Å². The van der Waals surface area contributed by atoms with Gasteiger partial charge < -0.3 is 10.2 Å². The molecule has 0 spiro atoms.